The van der Waals surface area contributed by atoms with Gasteiger partial charge in [0.15, 0.2) is 0 Å². The molecular weight excluding hydrogens is 272 g/mol. The quantitative estimate of drug-likeness (QED) is 0.794. The predicted molar refractivity (Wildman–Crippen MR) is 88.3 cm³/mol. The van der Waals surface area contributed by atoms with Gasteiger partial charge in [-0.05, 0) is 36.1 Å². The van der Waals surface area contributed by atoms with Crippen LogP contribution in [0.15, 0.2) is 61.1 Å². The van der Waals surface area contributed by atoms with Crippen molar-refractivity contribution in [3.05, 3.63) is 66.8 Å². The van der Waals surface area contributed by atoms with Crippen molar-refractivity contribution in [2.45, 2.75) is 0 Å². The molecule has 1 aliphatic heterocycles. The molecule has 0 unspecified atom stereocenters. The number of hydrogen-bond acceptors (Lipinski definition) is 4. The van der Waals surface area contributed by atoms with Crippen LogP contribution in [0.5, 0.6) is 0 Å². The lowest BCUT2D eigenvalue weighted by atomic mass is 10.2. The van der Waals surface area contributed by atoms with Crippen LogP contribution in [-0.2, 0) is 0 Å². The maximum atomic E-state index is 4.40. The number of hydrogen-bond donors (Lipinski definition) is 0. The Bertz CT molecular complexity index is 677. The van der Waals surface area contributed by atoms with Gasteiger partial charge in [-0.1, -0.05) is 18.7 Å². The minimum absolute atomic E-state index is 0.774. The van der Waals surface area contributed by atoms with Gasteiger partial charge < -0.3 is 9.80 Å². The van der Waals surface area contributed by atoms with Crippen LogP contribution in [0, 0.1) is 11.8 Å². The minimum atomic E-state index is 0.774. The molecule has 2 aromatic heterocycles. The molecule has 2 aromatic rings. The Balaban J connectivity index is 1.58. The summed E-state index contributed by atoms with van der Waals surface area (Å²) in [6, 6.07) is 11.7. The number of anilines is 1. The van der Waals surface area contributed by atoms with Crippen LogP contribution in [0.25, 0.3) is 0 Å². The molecule has 0 aliphatic carbocycles. The van der Waals surface area contributed by atoms with Gasteiger partial charge >= 0.3 is 0 Å². The third-order valence-corrected chi connectivity index (χ3v) is 3.63. The minimum Gasteiger partial charge on any atom is -0.362 e. The number of pyridine rings is 2. The summed E-state index contributed by atoms with van der Waals surface area (Å²) in [6.45, 7) is 7.76. The summed E-state index contributed by atoms with van der Waals surface area (Å²) >= 11 is 0. The lowest BCUT2D eigenvalue weighted by Crippen LogP contribution is -2.45. The third-order valence-electron chi connectivity index (χ3n) is 3.63. The highest BCUT2D eigenvalue weighted by Gasteiger charge is 2.17. The zero-order valence-corrected chi connectivity index (χ0v) is 12.4. The van der Waals surface area contributed by atoms with Crippen molar-refractivity contribution in [2.75, 3.05) is 31.1 Å². The van der Waals surface area contributed by atoms with E-state index in [1.165, 1.54) is 0 Å². The molecule has 0 saturated carbocycles. The summed E-state index contributed by atoms with van der Waals surface area (Å²) in [6.07, 6.45) is 3.58. The Hall–Kier alpha value is -2.80. The topological polar surface area (TPSA) is 32.3 Å². The van der Waals surface area contributed by atoms with Gasteiger partial charge in [-0.2, -0.15) is 0 Å². The van der Waals surface area contributed by atoms with Crippen LogP contribution in [0.1, 0.15) is 5.69 Å². The first-order chi connectivity index (χ1) is 10.8. The van der Waals surface area contributed by atoms with E-state index in [1.807, 2.05) is 42.6 Å². The van der Waals surface area contributed by atoms with Gasteiger partial charge in [-0.25, -0.2) is 9.97 Å². The van der Waals surface area contributed by atoms with Crippen molar-refractivity contribution in [3.8, 4) is 11.8 Å². The van der Waals surface area contributed by atoms with E-state index < -0.39 is 0 Å². The molecule has 4 nitrogen and oxygen atoms in total. The van der Waals surface area contributed by atoms with Gasteiger partial charge in [0.05, 0.1) is 5.70 Å². The highest BCUT2D eigenvalue weighted by atomic mass is 15.3. The Labute approximate surface area is 131 Å². The molecule has 0 N–H and O–H groups in total. The zero-order chi connectivity index (χ0) is 15.2. The fraction of sp³-hybridized carbons (Fsp3) is 0.222. The number of piperazine rings is 1. The molecular formula is C18H18N4. The van der Waals surface area contributed by atoms with Crippen molar-refractivity contribution in [1.29, 1.82) is 0 Å². The van der Waals surface area contributed by atoms with E-state index in [9.17, 15) is 0 Å². The summed E-state index contributed by atoms with van der Waals surface area (Å²) in [5.41, 5.74) is 1.63. The number of allylic oxidation sites excluding steroid dienone is 1. The fourth-order valence-corrected chi connectivity index (χ4v) is 2.40. The van der Waals surface area contributed by atoms with Crippen LogP contribution in [0.4, 0.5) is 5.82 Å². The highest BCUT2D eigenvalue weighted by molar-refractivity contribution is 5.39. The monoisotopic (exact) mass is 290 g/mol. The standard InChI is InChI=1S/C18H18N4/c1-16(8-9-17-6-2-4-10-19-17)21-12-14-22(15-13-21)18-7-3-5-11-20-18/h2-7,10-11H,1,12-15H2. The van der Waals surface area contributed by atoms with E-state index in [1.54, 1.807) is 6.20 Å². The van der Waals surface area contributed by atoms with E-state index in [0.29, 0.717) is 0 Å². The Morgan fingerprint density at radius 2 is 1.68 bits per heavy atom. The molecule has 3 rings (SSSR count). The molecule has 110 valence electrons. The van der Waals surface area contributed by atoms with Crippen LogP contribution in [0.2, 0.25) is 0 Å². The summed E-state index contributed by atoms with van der Waals surface area (Å²) < 4.78 is 0. The summed E-state index contributed by atoms with van der Waals surface area (Å²) in [4.78, 5) is 13.1. The van der Waals surface area contributed by atoms with Crippen LogP contribution in [-0.4, -0.2) is 41.0 Å². The number of nitrogens with zero attached hydrogens (tertiary/aromatic N) is 4. The van der Waals surface area contributed by atoms with Crippen molar-refractivity contribution in [3.63, 3.8) is 0 Å². The normalized spacial score (nSPS) is 14.2. The summed E-state index contributed by atoms with van der Waals surface area (Å²) in [7, 11) is 0. The molecule has 1 saturated heterocycles. The van der Waals surface area contributed by atoms with Gasteiger partial charge in [-0.15, -0.1) is 0 Å². The molecule has 4 heteroatoms. The molecule has 0 aromatic carbocycles. The second-order valence-electron chi connectivity index (χ2n) is 5.07. The number of rotatable bonds is 2. The second kappa shape index (κ2) is 6.77. The first kappa shape index (κ1) is 14.2. The number of aromatic nitrogens is 2. The Kier molecular flexibility index (Phi) is 4.35. The van der Waals surface area contributed by atoms with E-state index in [2.05, 4.69) is 38.2 Å². The van der Waals surface area contributed by atoms with Crippen molar-refractivity contribution in [2.24, 2.45) is 0 Å². The lowest BCUT2D eigenvalue weighted by Gasteiger charge is -2.36. The molecule has 22 heavy (non-hydrogen) atoms. The first-order valence-corrected chi connectivity index (χ1v) is 7.36. The Morgan fingerprint density at radius 3 is 2.32 bits per heavy atom. The maximum Gasteiger partial charge on any atom is 0.128 e. The first-order valence-electron chi connectivity index (χ1n) is 7.36. The van der Waals surface area contributed by atoms with Crippen molar-refractivity contribution < 1.29 is 0 Å². The smallest absolute Gasteiger partial charge is 0.128 e. The molecule has 1 fully saturated rings. The van der Waals surface area contributed by atoms with Gasteiger partial charge in [0.25, 0.3) is 0 Å². The van der Waals surface area contributed by atoms with Gasteiger partial charge in [-0.3, -0.25) is 0 Å². The Morgan fingerprint density at radius 1 is 0.955 bits per heavy atom. The van der Waals surface area contributed by atoms with E-state index in [0.717, 1.165) is 43.4 Å². The molecule has 0 atom stereocenters. The third kappa shape index (κ3) is 3.44. The molecule has 0 spiro atoms. The average molecular weight is 290 g/mol. The van der Waals surface area contributed by atoms with Crippen LogP contribution >= 0.6 is 0 Å². The van der Waals surface area contributed by atoms with E-state index in [-0.39, 0.29) is 0 Å². The van der Waals surface area contributed by atoms with Gasteiger partial charge in [0, 0.05) is 38.6 Å². The SMILES string of the molecule is C=C(C#Cc1ccccn1)N1CCN(c2ccccn2)CC1. The van der Waals surface area contributed by atoms with E-state index >= 15 is 0 Å². The zero-order valence-electron chi connectivity index (χ0n) is 12.4. The second-order valence-corrected chi connectivity index (χ2v) is 5.07. The van der Waals surface area contributed by atoms with Gasteiger partial charge in [0.2, 0.25) is 0 Å². The molecule has 0 bridgehead atoms. The predicted octanol–water partition coefficient (Wildman–Crippen LogP) is 2.16. The van der Waals surface area contributed by atoms with Crippen LogP contribution in [0.3, 0.4) is 0 Å². The average Bonchev–Trinajstić information content (AvgIpc) is 2.61. The van der Waals surface area contributed by atoms with Crippen molar-refractivity contribution in [1.82, 2.24) is 14.9 Å². The maximum absolute atomic E-state index is 4.40. The summed E-state index contributed by atoms with van der Waals surface area (Å²) in [5, 5.41) is 0. The van der Waals surface area contributed by atoms with E-state index in [4.69, 9.17) is 0 Å². The fourth-order valence-electron chi connectivity index (χ4n) is 2.40. The molecule has 3 heterocycles. The molecule has 0 radical (unpaired) electrons. The lowest BCUT2D eigenvalue weighted by molar-refractivity contribution is 0.333. The molecule has 1 aliphatic rings. The van der Waals surface area contributed by atoms with Gasteiger partial charge in [0.1, 0.15) is 11.5 Å². The molecule has 0 amide bonds. The van der Waals surface area contributed by atoms with Crippen molar-refractivity contribution >= 4 is 5.82 Å². The largest absolute Gasteiger partial charge is 0.362 e. The summed E-state index contributed by atoms with van der Waals surface area (Å²) in [5.74, 6) is 7.20. The van der Waals surface area contributed by atoms with Crippen LogP contribution < -0.4 is 4.90 Å². The highest BCUT2D eigenvalue weighted by Crippen LogP contribution is 2.14.